The molecular formula is C28H41N5O2. The Hall–Kier alpha value is -2.35. The molecule has 1 aromatic heterocycles. The number of aryl methyl sites for hydroxylation is 3. The molecule has 2 fully saturated rings. The van der Waals surface area contributed by atoms with Crippen molar-refractivity contribution < 1.29 is 9.53 Å². The van der Waals surface area contributed by atoms with Gasteiger partial charge in [-0.05, 0) is 53.0 Å². The minimum atomic E-state index is 0.0707. The Labute approximate surface area is 210 Å². The second-order valence-electron chi connectivity index (χ2n) is 10.6. The lowest BCUT2D eigenvalue weighted by atomic mass is 9.86. The van der Waals surface area contributed by atoms with Crippen LogP contribution in [-0.2, 0) is 4.74 Å². The van der Waals surface area contributed by atoms with E-state index in [1.165, 1.54) is 17.5 Å². The van der Waals surface area contributed by atoms with E-state index in [0.29, 0.717) is 18.2 Å². The predicted molar refractivity (Wildman–Crippen MR) is 139 cm³/mol. The van der Waals surface area contributed by atoms with Gasteiger partial charge in [0.05, 0.1) is 29.6 Å². The molecule has 7 heteroatoms. The molecule has 35 heavy (non-hydrogen) atoms. The predicted octanol–water partition coefficient (Wildman–Crippen LogP) is 3.79. The molecule has 0 saturated carbocycles. The van der Waals surface area contributed by atoms with E-state index in [1.807, 2.05) is 18.7 Å². The number of piperazine rings is 1. The Bertz CT molecular complexity index is 996. The second-order valence-corrected chi connectivity index (χ2v) is 10.6. The van der Waals surface area contributed by atoms with Crippen LogP contribution in [0.15, 0.2) is 30.6 Å². The molecule has 1 amide bonds. The molecule has 0 N–H and O–H groups in total. The number of hydrogen-bond donors (Lipinski definition) is 0. The summed E-state index contributed by atoms with van der Waals surface area (Å²) in [5.74, 6) is 0.0707. The Morgan fingerprint density at radius 2 is 1.69 bits per heavy atom. The zero-order valence-corrected chi connectivity index (χ0v) is 22.3. The third-order valence-corrected chi connectivity index (χ3v) is 8.20. The minimum absolute atomic E-state index is 0.0707. The highest BCUT2D eigenvalue weighted by molar-refractivity contribution is 5.96. The first-order chi connectivity index (χ1) is 16.7. The Morgan fingerprint density at radius 3 is 2.26 bits per heavy atom. The highest BCUT2D eigenvalue weighted by Gasteiger charge is 2.41. The highest BCUT2D eigenvalue weighted by Crippen LogP contribution is 2.34. The van der Waals surface area contributed by atoms with Gasteiger partial charge < -0.3 is 9.64 Å². The van der Waals surface area contributed by atoms with E-state index in [1.54, 1.807) is 7.11 Å². The first-order valence-corrected chi connectivity index (χ1v) is 12.9. The third kappa shape index (κ3) is 5.42. The lowest BCUT2D eigenvalue weighted by Gasteiger charge is -2.52. The van der Waals surface area contributed by atoms with Crippen LogP contribution in [0.2, 0.25) is 0 Å². The van der Waals surface area contributed by atoms with E-state index in [4.69, 9.17) is 4.74 Å². The number of piperidine rings is 1. The molecular weight excluding hydrogens is 438 g/mol. The fourth-order valence-electron chi connectivity index (χ4n) is 5.82. The number of aromatic nitrogens is 2. The van der Waals surface area contributed by atoms with Gasteiger partial charge in [0.2, 0.25) is 0 Å². The van der Waals surface area contributed by atoms with Crippen molar-refractivity contribution in [3.05, 3.63) is 58.7 Å². The molecule has 3 heterocycles. The van der Waals surface area contributed by atoms with Crippen molar-refractivity contribution in [1.29, 1.82) is 0 Å². The zero-order chi connectivity index (χ0) is 25.2. The van der Waals surface area contributed by atoms with Crippen molar-refractivity contribution in [2.75, 3.05) is 46.4 Å². The first-order valence-electron chi connectivity index (χ1n) is 12.9. The summed E-state index contributed by atoms with van der Waals surface area (Å²) in [6, 6.07) is 9.57. The fourth-order valence-corrected chi connectivity index (χ4v) is 5.82. The standard InChI is InChI=1S/C28H41N5O2/c1-20-7-9-24(10-8-20)25(18-35-6)33-16-15-32(17-21(33)2)28(5)11-13-31(14-12-28)27(34)26-22(3)29-19-30-23(26)4/h7-10,19,21,25H,11-18H2,1-6H3/t21-,25-/m0/s1. The summed E-state index contributed by atoms with van der Waals surface area (Å²) in [5.41, 5.74) is 4.91. The molecule has 0 spiro atoms. The van der Waals surface area contributed by atoms with Gasteiger partial charge in [0.25, 0.3) is 5.91 Å². The van der Waals surface area contributed by atoms with Crippen LogP contribution in [0.5, 0.6) is 0 Å². The van der Waals surface area contributed by atoms with E-state index in [-0.39, 0.29) is 17.5 Å². The van der Waals surface area contributed by atoms with E-state index in [2.05, 4.69) is 64.8 Å². The maximum Gasteiger partial charge on any atom is 0.257 e. The van der Waals surface area contributed by atoms with Gasteiger partial charge in [-0.1, -0.05) is 29.8 Å². The van der Waals surface area contributed by atoms with Crippen LogP contribution in [0.25, 0.3) is 0 Å². The van der Waals surface area contributed by atoms with Gasteiger partial charge in [0.1, 0.15) is 6.33 Å². The maximum atomic E-state index is 13.2. The Morgan fingerprint density at radius 1 is 1.06 bits per heavy atom. The molecule has 2 aliphatic rings. The number of benzene rings is 1. The topological polar surface area (TPSA) is 61.8 Å². The van der Waals surface area contributed by atoms with Crippen LogP contribution in [0, 0.1) is 20.8 Å². The fraction of sp³-hybridized carbons (Fsp3) is 0.607. The van der Waals surface area contributed by atoms with Crippen molar-refractivity contribution in [2.24, 2.45) is 0 Å². The molecule has 2 saturated heterocycles. The summed E-state index contributed by atoms with van der Waals surface area (Å²) >= 11 is 0. The molecule has 2 aliphatic heterocycles. The molecule has 1 aromatic carbocycles. The van der Waals surface area contributed by atoms with Crippen molar-refractivity contribution in [3.63, 3.8) is 0 Å². The van der Waals surface area contributed by atoms with Crippen LogP contribution in [0.4, 0.5) is 0 Å². The lowest BCUT2D eigenvalue weighted by Crippen LogP contribution is -2.62. The molecule has 2 atom stereocenters. The summed E-state index contributed by atoms with van der Waals surface area (Å²) in [5, 5.41) is 0. The normalized spacial score (nSPS) is 22.2. The van der Waals surface area contributed by atoms with Gasteiger partial charge in [0, 0.05) is 51.4 Å². The summed E-state index contributed by atoms with van der Waals surface area (Å²) < 4.78 is 5.64. The number of hydrogen-bond acceptors (Lipinski definition) is 6. The van der Waals surface area contributed by atoms with Gasteiger partial charge in [-0.25, -0.2) is 9.97 Å². The van der Waals surface area contributed by atoms with Crippen molar-refractivity contribution in [1.82, 2.24) is 24.7 Å². The Kier molecular flexibility index (Phi) is 7.89. The molecule has 2 aromatic rings. The van der Waals surface area contributed by atoms with Gasteiger partial charge in [0.15, 0.2) is 0 Å². The van der Waals surface area contributed by atoms with Crippen LogP contribution in [-0.4, -0.2) is 88.6 Å². The van der Waals surface area contributed by atoms with Crippen LogP contribution >= 0.6 is 0 Å². The maximum absolute atomic E-state index is 13.2. The van der Waals surface area contributed by atoms with Gasteiger partial charge in [-0.2, -0.15) is 0 Å². The number of ether oxygens (including phenoxy) is 1. The average molecular weight is 480 g/mol. The summed E-state index contributed by atoms with van der Waals surface area (Å²) in [6.45, 7) is 16.0. The van der Waals surface area contributed by atoms with Crippen molar-refractivity contribution in [3.8, 4) is 0 Å². The van der Waals surface area contributed by atoms with Crippen molar-refractivity contribution in [2.45, 2.75) is 65.1 Å². The third-order valence-electron chi connectivity index (χ3n) is 8.20. The summed E-state index contributed by atoms with van der Waals surface area (Å²) in [7, 11) is 1.79. The number of carbonyl (C=O) groups excluding carboxylic acids is 1. The quantitative estimate of drug-likeness (QED) is 0.628. The van der Waals surface area contributed by atoms with Gasteiger partial charge >= 0.3 is 0 Å². The van der Waals surface area contributed by atoms with E-state index in [9.17, 15) is 4.79 Å². The highest BCUT2D eigenvalue weighted by atomic mass is 16.5. The average Bonchev–Trinajstić information content (AvgIpc) is 2.84. The van der Waals surface area contributed by atoms with E-state index >= 15 is 0 Å². The molecule has 0 bridgehead atoms. The van der Waals surface area contributed by atoms with E-state index in [0.717, 1.165) is 57.0 Å². The van der Waals surface area contributed by atoms with Crippen molar-refractivity contribution >= 4 is 5.91 Å². The number of amides is 1. The molecule has 190 valence electrons. The SMILES string of the molecule is COC[C@@H](c1ccc(C)cc1)N1CCN(C2(C)CCN(C(=O)c3c(C)ncnc3C)CC2)C[C@@H]1C. The second kappa shape index (κ2) is 10.7. The lowest BCUT2D eigenvalue weighted by molar-refractivity contribution is -0.0406. The molecule has 4 rings (SSSR count). The van der Waals surface area contributed by atoms with Crippen LogP contribution < -0.4 is 0 Å². The Balaban J connectivity index is 1.39. The minimum Gasteiger partial charge on any atom is -0.383 e. The summed E-state index contributed by atoms with van der Waals surface area (Å²) in [6.07, 6.45) is 3.50. The van der Waals surface area contributed by atoms with Gasteiger partial charge in [-0.3, -0.25) is 14.6 Å². The molecule has 0 unspecified atom stereocenters. The number of methoxy groups -OCH3 is 1. The monoisotopic (exact) mass is 479 g/mol. The molecule has 0 aliphatic carbocycles. The zero-order valence-electron chi connectivity index (χ0n) is 22.3. The number of likely N-dealkylation sites (tertiary alicyclic amines) is 1. The number of carbonyl (C=O) groups is 1. The van der Waals surface area contributed by atoms with E-state index < -0.39 is 0 Å². The summed E-state index contributed by atoms with van der Waals surface area (Å²) in [4.78, 5) is 29.0. The number of rotatable bonds is 6. The number of nitrogens with zero attached hydrogens (tertiary/aromatic N) is 5. The molecule has 7 nitrogen and oxygen atoms in total. The smallest absolute Gasteiger partial charge is 0.257 e. The van der Waals surface area contributed by atoms with Crippen LogP contribution in [0.1, 0.15) is 65.6 Å². The van der Waals surface area contributed by atoms with Gasteiger partial charge in [-0.15, -0.1) is 0 Å². The molecule has 0 radical (unpaired) electrons. The first kappa shape index (κ1) is 25.7. The largest absolute Gasteiger partial charge is 0.383 e. The van der Waals surface area contributed by atoms with Crippen LogP contribution in [0.3, 0.4) is 0 Å².